The molecule has 0 bridgehead atoms. The number of hydrogen-bond acceptors (Lipinski definition) is 3. The molecule has 1 aliphatic heterocycles. The van der Waals surface area contributed by atoms with E-state index in [9.17, 15) is 4.79 Å². The first kappa shape index (κ1) is 15.3. The van der Waals surface area contributed by atoms with E-state index in [2.05, 4.69) is 21.2 Å². The van der Waals surface area contributed by atoms with Crippen LogP contribution >= 0.6 is 27.7 Å². The fourth-order valence-corrected chi connectivity index (χ4v) is 3.61. The highest BCUT2D eigenvalue weighted by molar-refractivity contribution is 9.09. The molecule has 1 N–H and O–H groups in total. The predicted molar refractivity (Wildman–Crippen MR) is 76.9 cm³/mol. The normalized spacial score (nSPS) is 18.9. The van der Waals surface area contributed by atoms with E-state index in [1.165, 1.54) is 24.3 Å². The number of halogens is 1. The van der Waals surface area contributed by atoms with Crippen LogP contribution in [0.5, 0.6) is 0 Å². The number of carbonyl (C=O) groups excluding carboxylic acids is 1. The molecule has 0 radical (unpaired) electrons. The summed E-state index contributed by atoms with van der Waals surface area (Å²) < 4.78 is 5.02. The van der Waals surface area contributed by atoms with E-state index < -0.39 is 0 Å². The number of carbonyl (C=O) groups is 1. The van der Waals surface area contributed by atoms with Crippen molar-refractivity contribution < 1.29 is 9.53 Å². The monoisotopic (exact) mass is 323 g/mol. The summed E-state index contributed by atoms with van der Waals surface area (Å²) in [5, 5.41) is 2.99. The van der Waals surface area contributed by atoms with Gasteiger partial charge in [-0.15, -0.1) is 0 Å². The molecule has 5 heteroatoms. The van der Waals surface area contributed by atoms with Gasteiger partial charge in [-0.25, -0.2) is 0 Å². The number of methoxy groups -OCH3 is 1. The summed E-state index contributed by atoms with van der Waals surface area (Å²) in [7, 11) is 1.69. The maximum Gasteiger partial charge on any atom is 0.220 e. The fourth-order valence-electron chi connectivity index (χ4n) is 1.92. The maximum atomic E-state index is 11.7. The maximum absolute atomic E-state index is 11.7. The number of ether oxygens (including phenoxy) is 1. The Balaban J connectivity index is 2.04. The third-order valence-electron chi connectivity index (χ3n) is 2.94. The number of amides is 1. The van der Waals surface area contributed by atoms with E-state index in [-0.39, 0.29) is 5.91 Å². The molecular formula is C12H22BrNO2S. The molecule has 1 saturated heterocycles. The molecule has 1 atom stereocenters. The second-order valence-electron chi connectivity index (χ2n) is 4.45. The van der Waals surface area contributed by atoms with Crippen LogP contribution in [0.25, 0.3) is 0 Å². The average Bonchev–Trinajstić information content (AvgIpc) is 2.30. The van der Waals surface area contributed by atoms with Crippen LogP contribution in [-0.2, 0) is 9.53 Å². The molecular weight excluding hydrogens is 302 g/mol. The van der Waals surface area contributed by atoms with Gasteiger partial charge in [0, 0.05) is 24.9 Å². The SMILES string of the molecule is COCC(Br)CCNC(=O)CC1CCSCC1. The first-order valence-corrected chi connectivity index (χ1v) is 8.27. The molecule has 1 amide bonds. The second kappa shape index (κ2) is 9.22. The van der Waals surface area contributed by atoms with Gasteiger partial charge in [-0.3, -0.25) is 4.79 Å². The molecule has 0 aliphatic carbocycles. The Labute approximate surface area is 117 Å². The van der Waals surface area contributed by atoms with Gasteiger partial charge in [0.05, 0.1) is 6.61 Å². The van der Waals surface area contributed by atoms with E-state index in [0.717, 1.165) is 13.0 Å². The number of nitrogens with one attached hydrogen (secondary N) is 1. The lowest BCUT2D eigenvalue weighted by molar-refractivity contribution is -0.122. The minimum atomic E-state index is 0.207. The third kappa shape index (κ3) is 7.32. The molecule has 1 rings (SSSR count). The van der Waals surface area contributed by atoms with Gasteiger partial charge in [0.25, 0.3) is 0 Å². The van der Waals surface area contributed by atoms with E-state index >= 15 is 0 Å². The highest BCUT2D eigenvalue weighted by atomic mass is 79.9. The topological polar surface area (TPSA) is 38.3 Å². The fraction of sp³-hybridized carbons (Fsp3) is 0.917. The summed E-state index contributed by atoms with van der Waals surface area (Å²) in [6, 6.07) is 0. The van der Waals surface area contributed by atoms with Crippen molar-refractivity contribution in [1.29, 1.82) is 0 Å². The van der Waals surface area contributed by atoms with Crippen LogP contribution < -0.4 is 5.32 Å². The largest absolute Gasteiger partial charge is 0.384 e. The lowest BCUT2D eigenvalue weighted by Gasteiger charge is -2.20. The summed E-state index contributed by atoms with van der Waals surface area (Å²) in [6.45, 7) is 1.43. The Morgan fingerprint density at radius 2 is 2.24 bits per heavy atom. The molecule has 100 valence electrons. The van der Waals surface area contributed by atoms with E-state index in [4.69, 9.17) is 4.74 Å². The Hall–Kier alpha value is 0.260. The Bertz CT molecular complexity index is 223. The smallest absolute Gasteiger partial charge is 0.220 e. The van der Waals surface area contributed by atoms with E-state index in [0.29, 0.717) is 23.8 Å². The zero-order chi connectivity index (χ0) is 12.5. The molecule has 3 nitrogen and oxygen atoms in total. The Kier molecular flexibility index (Phi) is 8.31. The van der Waals surface area contributed by atoms with Crippen molar-refractivity contribution in [3.8, 4) is 0 Å². The van der Waals surface area contributed by atoms with Gasteiger partial charge in [0.1, 0.15) is 0 Å². The summed E-state index contributed by atoms with van der Waals surface area (Å²) >= 11 is 5.51. The van der Waals surface area contributed by atoms with Gasteiger partial charge in [-0.2, -0.15) is 11.8 Å². The van der Waals surface area contributed by atoms with Gasteiger partial charge in [0.2, 0.25) is 5.91 Å². The van der Waals surface area contributed by atoms with Crippen molar-refractivity contribution in [3.63, 3.8) is 0 Å². The lowest BCUT2D eigenvalue weighted by atomic mass is 9.98. The highest BCUT2D eigenvalue weighted by Crippen LogP contribution is 2.24. The molecule has 1 heterocycles. The Morgan fingerprint density at radius 3 is 2.88 bits per heavy atom. The van der Waals surface area contributed by atoms with Gasteiger partial charge >= 0.3 is 0 Å². The first-order chi connectivity index (χ1) is 8.22. The van der Waals surface area contributed by atoms with Crippen LogP contribution in [0.15, 0.2) is 0 Å². The molecule has 0 aromatic rings. The van der Waals surface area contributed by atoms with Crippen LogP contribution in [0.4, 0.5) is 0 Å². The van der Waals surface area contributed by atoms with Crippen LogP contribution in [0.2, 0.25) is 0 Å². The third-order valence-corrected chi connectivity index (χ3v) is 4.71. The zero-order valence-electron chi connectivity index (χ0n) is 10.4. The second-order valence-corrected chi connectivity index (χ2v) is 6.97. The molecule has 0 aromatic carbocycles. The lowest BCUT2D eigenvalue weighted by Crippen LogP contribution is -2.29. The molecule has 1 fully saturated rings. The van der Waals surface area contributed by atoms with Crippen molar-refractivity contribution in [2.45, 2.75) is 30.5 Å². The zero-order valence-corrected chi connectivity index (χ0v) is 12.8. The van der Waals surface area contributed by atoms with Gasteiger partial charge in [-0.05, 0) is 36.7 Å². The van der Waals surface area contributed by atoms with Crippen molar-refractivity contribution in [2.75, 3.05) is 31.8 Å². The van der Waals surface area contributed by atoms with Crippen LogP contribution in [0.1, 0.15) is 25.7 Å². The minimum absolute atomic E-state index is 0.207. The number of alkyl halides is 1. The molecule has 0 aromatic heterocycles. The van der Waals surface area contributed by atoms with Gasteiger partial charge in [0.15, 0.2) is 0 Å². The predicted octanol–water partition coefficient (Wildman–Crippen LogP) is 2.44. The molecule has 17 heavy (non-hydrogen) atoms. The van der Waals surface area contributed by atoms with Crippen LogP contribution in [0.3, 0.4) is 0 Å². The molecule has 1 unspecified atom stereocenters. The first-order valence-electron chi connectivity index (χ1n) is 6.19. The summed E-state index contributed by atoms with van der Waals surface area (Å²) in [4.78, 5) is 12.0. The van der Waals surface area contributed by atoms with Crippen molar-refractivity contribution in [1.82, 2.24) is 5.32 Å². The molecule has 0 spiro atoms. The minimum Gasteiger partial charge on any atom is -0.384 e. The van der Waals surface area contributed by atoms with Crippen molar-refractivity contribution in [2.24, 2.45) is 5.92 Å². The van der Waals surface area contributed by atoms with Crippen molar-refractivity contribution >= 4 is 33.6 Å². The van der Waals surface area contributed by atoms with Gasteiger partial charge < -0.3 is 10.1 Å². The van der Waals surface area contributed by atoms with Crippen LogP contribution in [0, 0.1) is 5.92 Å². The highest BCUT2D eigenvalue weighted by Gasteiger charge is 2.17. The number of thioether (sulfide) groups is 1. The number of hydrogen-bond donors (Lipinski definition) is 1. The summed E-state index contributed by atoms with van der Waals surface area (Å²) in [5.41, 5.74) is 0. The summed E-state index contributed by atoms with van der Waals surface area (Å²) in [5.74, 6) is 3.25. The quantitative estimate of drug-likeness (QED) is 0.731. The number of rotatable bonds is 7. The van der Waals surface area contributed by atoms with Crippen molar-refractivity contribution in [3.05, 3.63) is 0 Å². The molecule has 1 aliphatic rings. The average molecular weight is 324 g/mol. The van der Waals surface area contributed by atoms with E-state index in [1.807, 2.05) is 11.8 Å². The molecule has 0 saturated carbocycles. The van der Waals surface area contributed by atoms with Gasteiger partial charge in [-0.1, -0.05) is 15.9 Å². The standard InChI is InChI=1S/C12H22BrNO2S/c1-16-9-11(13)2-5-14-12(15)8-10-3-6-17-7-4-10/h10-11H,2-9H2,1H3,(H,14,15). The summed E-state index contributed by atoms with van der Waals surface area (Å²) in [6.07, 6.45) is 4.02. The van der Waals surface area contributed by atoms with Crippen LogP contribution in [-0.4, -0.2) is 42.5 Å². The Morgan fingerprint density at radius 1 is 1.53 bits per heavy atom. The van der Waals surface area contributed by atoms with E-state index in [1.54, 1.807) is 7.11 Å².